The van der Waals surface area contributed by atoms with Gasteiger partial charge >= 0.3 is 0 Å². The molecule has 0 amide bonds. The molecule has 0 aromatic heterocycles. The highest BCUT2D eigenvalue weighted by molar-refractivity contribution is 7.89. The first-order valence-corrected chi connectivity index (χ1v) is 11.4. The van der Waals surface area contributed by atoms with Crippen LogP contribution in [0.4, 0.5) is 0 Å². The van der Waals surface area contributed by atoms with Crippen LogP contribution in [0.1, 0.15) is 30.5 Å². The molecule has 1 heterocycles. The molecule has 3 aromatic rings. The van der Waals surface area contributed by atoms with Gasteiger partial charge in [-0.2, -0.15) is 0 Å². The second-order valence-electron chi connectivity index (χ2n) is 7.76. The molecule has 0 saturated carbocycles. The van der Waals surface area contributed by atoms with Gasteiger partial charge in [0.2, 0.25) is 0 Å². The Morgan fingerprint density at radius 1 is 0.767 bits per heavy atom. The SMILES string of the molecule is CC(C)=C1CN(S(=O)(=O)c2ccc(C)cc2)C(c2ccccc2)=C1c1ccccc1. The summed E-state index contributed by atoms with van der Waals surface area (Å²) in [5, 5.41) is 0. The van der Waals surface area contributed by atoms with Crippen LogP contribution in [0.25, 0.3) is 11.3 Å². The number of rotatable bonds is 4. The van der Waals surface area contributed by atoms with Crippen molar-refractivity contribution < 1.29 is 8.42 Å². The molecular weight excluding hydrogens is 390 g/mol. The van der Waals surface area contributed by atoms with Gasteiger partial charge in [0.1, 0.15) is 0 Å². The van der Waals surface area contributed by atoms with E-state index in [1.165, 1.54) is 0 Å². The van der Waals surface area contributed by atoms with Crippen molar-refractivity contribution in [3.63, 3.8) is 0 Å². The predicted octanol–water partition coefficient (Wildman–Crippen LogP) is 5.90. The van der Waals surface area contributed by atoms with Crippen molar-refractivity contribution >= 4 is 21.3 Å². The molecule has 0 saturated heterocycles. The smallest absolute Gasteiger partial charge is 0.261 e. The van der Waals surface area contributed by atoms with E-state index in [2.05, 4.69) is 0 Å². The Kier molecular flexibility index (Phi) is 5.35. The quantitative estimate of drug-likeness (QED) is 0.532. The maximum absolute atomic E-state index is 13.7. The predicted molar refractivity (Wildman–Crippen MR) is 123 cm³/mol. The lowest BCUT2D eigenvalue weighted by atomic mass is 9.94. The molecule has 0 N–H and O–H groups in total. The fourth-order valence-corrected chi connectivity index (χ4v) is 5.29. The zero-order chi connectivity index (χ0) is 21.3. The molecule has 0 atom stereocenters. The fraction of sp³-hybridized carbons (Fsp3) is 0.154. The number of hydrogen-bond donors (Lipinski definition) is 0. The average molecular weight is 416 g/mol. The molecule has 3 nitrogen and oxygen atoms in total. The lowest BCUT2D eigenvalue weighted by Crippen LogP contribution is -2.28. The normalized spacial score (nSPS) is 14.4. The molecule has 1 aliphatic heterocycles. The number of allylic oxidation sites excluding steroid dienone is 1. The van der Waals surface area contributed by atoms with Crippen molar-refractivity contribution in [3.05, 3.63) is 113 Å². The van der Waals surface area contributed by atoms with Gasteiger partial charge in [-0.05, 0) is 49.6 Å². The Morgan fingerprint density at radius 2 is 1.30 bits per heavy atom. The Hall–Kier alpha value is -3.11. The van der Waals surface area contributed by atoms with Crippen LogP contribution in [0, 0.1) is 6.92 Å². The standard InChI is InChI=1S/C26H25NO2S/c1-19(2)24-18-27(30(28,29)23-16-14-20(3)15-17-23)26(22-12-8-5-9-13-22)25(24)21-10-6-4-7-11-21/h4-17H,18H2,1-3H3. The first kappa shape index (κ1) is 20.2. The van der Waals surface area contributed by atoms with Gasteiger partial charge in [0.15, 0.2) is 0 Å². The molecular formula is C26H25NO2S. The Bertz CT molecular complexity index is 1220. The van der Waals surface area contributed by atoms with Gasteiger partial charge in [-0.1, -0.05) is 83.9 Å². The molecule has 0 aliphatic carbocycles. The van der Waals surface area contributed by atoms with Crippen LogP contribution >= 0.6 is 0 Å². The molecule has 0 radical (unpaired) electrons. The van der Waals surface area contributed by atoms with Gasteiger partial charge in [0, 0.05) is 5.57 Å². The summed E-state index contributed by atoms with van der Waals surface area (Å²) >= 11 is 0. The van der Waals surface area contributed by atoms with Crippen molar-refractivity contribution in [1.82, 2.24) is 4.31 Å². The largest absolute Gasteiger partial charge is 0.264 e. The summed E-state index contributed by atoms with van der Waals surface area (Å²) in [5.74, 6) is 0. The van der Waals surface area contributed by atoms with Crippen molar-refractivity contribution in [3.8, 4) is 0 Å². The summed E-state index contributed by atoms with van der Waals surface area (Å²) in [4.78, 5) is 0.309. The van der Waals surface area contributed by atoms with Crippen molar-refractivity contribution in [1.29, 1.82) is 0 Å². The van der Waals surface area contributed by atoms with Crippen molar-refractivity contribution in [2.24, 2.45) is 0 Å². The van der Waals surface area contributed by atoms with Crippen LogP contribution in [0.15, 0.2) is 101 Å². The van der Waals surface area contributed by atoms with Crippen LogP contribution in [-0.2, 0) is 10.0 Å². The molecule has 1 aliphatic rings. The lowest BCUT2D eigenvalue weighted by Gasteiger charge is -2.23. The zero-order valence-corrected chi connectivity index (χ0v) is 18.3. The molecule has 0 unspecified atom stereocenters. The highest BCUT2D eigenvalue weighted by atomic mass is 32.2. The van der Waals surface area contributed by atoms with Gasteiger partial charge < -0.3 is 0 Å². The first-order chi connectivity index (χ1) is 14.4. The van der Waals surface area contributed by atoms with E-state index in [-0.39, 0.29) is 0 Å². The monoisotopic (exact) mass is 415 g/mol. The van der Waals surface area contributed by atoms with E-state index in [0.29, 0.717) is 11.4 Å². The fourth-order valence-electron chi connectivity index (χ4n) is 3.82. The van der Waals surface area contributed by atoms with Crippen molar-refractivity contribution in [2.45, 2.75) is 25.7 Å². The summed E-state index contributed by atoms with van der Waals surface area (Å²) in [6.45, 7) is 6.37. The molecule has 0 fully saturated rings. The van der Waals surface area contributed by atoms with Gasteiger partial charge in [-0.25, -0.2) is 8.42 Å². The van der Waals surface area contributed by atoms with E-state index in [9.17, 15) is 8.42 Å². The van der Waals surface area contributed by atoms with Crippen molar-refractivity contribution in [2.75, 3.05) is 6.54 Å². The topological polar surface area (TPSA) is 37.4 Å². The van der Waals surface area contributed by atoms with Crippen LogP contribution < -0.4 is 0 Å². The number of sulfonamides is 1. The molecule has 3 aromatic carbocycles. The maximum Gasteiger partial charge on any atom is 0.264 e. The molecule has 4 rings (SSSR count). The second kappa shape index (κ2) is 7.96. The van der Waals surface area contributed by atoms with E-state index in [1.807, 2.05) is 93.6 Å². The Balaban J connectivity index is 2.01. The minimum Gasteiger partial charge on any atom is -0.261 e. The van der Waals surface area contributed by atoms with Crippen LogP contribution in [0.3, 0.4) is 0 Å². The minimum atomic E-state index is -3.72. The third-order valence-corrected chi connectivity index (χ3v) is 7.17. The minimum absolute atomic E-state index is 0.309. The highest BCUT2D eigenvalue weighted by Crippen LogP contribution is 2.44. The summed E-state index contributed by atoms with van der Waals surface area (Å²) in [7, 11) is -3.72. The van der Waals surface area contributed by atoms with Crippen LogP contribution in [0.5, 0.6) is 0 Å². The van der Waals surface area contributed by atoms with Crippen LogP contribution in [-0.4, -0.2) is 19.3 Å². The summed E-state index contributed by atoms with van der Waals surface area (Å²) in [5.41, 5.74) is 6.83. The van der Waals surface area contributed by atoms with Gasteiger partial charge in [0.05, 0.1) is 17.1 Å². The number of nitrogens with zero attached hydrogens (tertiary/aromatic N) is 1. The number of hydrogen-bond acceptors (Lipinski definition) is 2. The highest BCUT2D eigenvalue weighted by Gasteiger charge is 2.37. The molecule has 30 heavy (non-hydrogen) atoms. The summed E-state index contributed by atoms with van der Waals surface area (Å²) < 4.78 is 29.1. The van der Waals surface area contributed by atoms with E-state index in [0.717, 1.165) is 39.1 Å². The van der Waals surface area contributed by atoms with E-state index < -0.39 is 10.0 Å². The maximum atomic E-state index is 13.7. The molecule has 0 spiro atoms. The van der Waals surface area contributed by atoms with Gasteiger partial charge in [0.25, 0.3) is 10.0 Å². The van der Waals surface area contributed by atoms with E-state index in [4.69, 9.17) is 0 Å². The summed E-state index contributed by atoms with van der Waals surface area (Å²) in [6, 6.07) is 26.9. The lowest BCUT2D eigenvalue weighted by molar-refractivity contribution is 0.534. The first-order valence-electron chi connectivity index (χ1n) is 10.0. The summed E-state index contributed by atoms with van der Waals surface area (Å²) in [6.07, 6.45) is 0. The van der Waals surface area contributed by atoms with Gasteiger partial charge in [-0.3, -0.25) is 4.31 Å². The van der Waals surface area contributed by atoms with Crippen LogP contribution in [0.2, 0.25) is 0 Å². The number of aryl methyl sites for hydroxylation is 1. The number of benzene rings is 3. The molecule has 152 valence electrons. The third kappa shape index (κ3) is 3.59. The third-order valence-electron chi connectivity index (χ3n) is 5.41. The van der Waals surface area contributed by atoms with Gasteiger partial charge in [-0.15, -0.1) is 0 Å². The van der Waals surface area contributed by atoms with E-state index >= 15 is 0 Å². The van der Waals surface area contributed by atoms with E-state index in [1.54, 1.807) is 16.4 Å². The molecule has 0 bridgehead atoms. The zero-order valence-electron chi connectivity index (χ0n) is 17.5. The second-order valence-corrected chi connectivity index (χ2v) is 9.62. The Morgan fingerprint density at radius 3 is 1.83 bits per heavy atom. The Labute approximate surface area is 179 Å². The average Bonchev–Trinajstić information content (AvgIpc) is 3.17. The molecule has 4 heteroatoms.